The largest absolute Gasteiger partial charge is 0.493 e. The maximum Gasteiger partial charge on any atom is 0.338 e. The Morgan fingerprint density at radius 3 is 2.58 bits per heavy atom. The molecule has 0 N–H and O–H groups in total. The Bertz CT molecular complexity index is 1570. The Morgan fingerprint density at radius 1 is 1.26 bits per heavy atom. The molecule has 10 heteroatoms. The molecule has 3 aromatic rings. The summed E-state index contributed by atoms with van der Waals surface area (Å²) in [6.45, 7) is 7.78. The molecule has 4 rings (SSSR count). The van der Waals surface area contributed by atoms with Crippen LogP contribution in [0.5, 0.6) is 11.5 Å². The lowest BCUT2D eigenvalue weighted by Crippen LogP contribution is -2.40. The highest BCUT2D eigenvalue weighted by Crippen LogP contribution is 2.37. The molecule has 1 aliphatic rings. The van der Waals surface area contributed by atoms with E-state index in [4.69, 9.17) is 14.2 Å². The average Bonchev–Trinajstić information content (AvgIpc) is 3.18. The zero-order valence-corrected chi connectivity index (χ0v) is 25.3. The summed E-state index contributed by atoms with van der Waals surface area (Å²) >= 11 is 6.45. The number of nitrogens with zero attached hydrogens (tertiary/aromatic N) is 2. The van der Waals surface area contributed by atoms with Crippen LogP contribution in [0.3, 0.4) is 0 Å². The smallest absolute Gasteiger partial charge is 0.338 e. The fourth-order valence-electron chi connectivity index (χ4n) is 4.22. The maximum absolute atomic E-state index is 13.9. The summed E-state index contributed by atoms with van der Waals surface area (Å²) in [6.07, 6.45) is 3.49. The fourth-order valence-corrected chi connectivity index (χ4v) is 6.25. The second-order valence-corrected chi connectivity index (χ2v) is 11.5. The number of hydrogen-bond acceptors (Lipinski definition) is 8. The molecule has 0 spiro atoms. The van der Waals surface area contributed by atoms with Crippen molar-refractivity contribution in [2.24, 2.45) is 4.99 Å². The number of hydrogen-bond donors (Lipinski definition) is 0. The zero-order valence-electron chi connectivity index (χ0n) is 22.0. The standard InChI is InChI=1S/C28H29BrN2O5S2/c1-7-35-25-20(29)12-17(13-21(25)34-5)14-22-26(32)31-24(18-8-10-19(37-6)11-9-18)23(27(33)36-15(2)3)16(4)30-28(31)38-22/h8-15,24H,7H2,1-6H3/b22-14-/t24-/m1/s1. The van der Waals surface area contributed by atoms with Crippen LogP contribution >= 0.6 is 39.0 Å². The van der Waals surface area contributed by atoms with Gasteiger partial charge in [-0.25, -0.2) is 9.79 Å². The minimum Gasteiger partial charge on any atom is -0.493 e. The molecule has 38 heavy (non-hydrogen) atoms. The van der Waals surface area contributed by atoms with E-state index in [1.165, 1.54) is 11.3 Å². The fraction of sp³-hybridized carbons (Fsp3) is 0.321. The van der Waals surface area contributed by atoms with Crippen molar-refractivity contribution in [3.8, 4) is 11.5 Å². The number of carbonyl (C=O) groups excluding carboxylic acids is 1. The maximum atomic E-state index is 13.9. The number of rotatable bonds is 8. The monoisotopic (exact) mass is 616 g/mol. The van der Waals surface area contributed by atoms with E-state index in [1.54, 1.807) is 50.3 Å². The van der Waals surface area contributed by atoms with Crippen LogP contribution in [0.15, 0.2) is 66.8 Å². The number of thiazole rings is 1. The third-order valence-electron chi connectivity index (χ3n) is 5.85. The van der Waals surface area contributed by atoms with Crippen molar-refractivity contribution in [1.82, 2.24) is 4.57 Å². The predicted octanol–water partition coefficient (Wildman–Crippen LogP) is 5.08. The summed E-state index contributed by atoms with van der Waals surface area (Å²) in [5.74, 6) is 0.683. The number of aromatic nitrogens is 1. The molecular formula is C28H29BrN2O5S2. The van der Waals surface area contributed by atoms with Crippen molar-refractivity contribution in [3.05, 3.63) is 83.0 Å². The van der Waals surface area contributed by atoms with Gasteiger partial charge in [0.15, 0.2) is 16.3 Å². The molecule has 0 bridgehead atoms. The van der Waals surface area contributed by atoms with Crippen LogP contribution in [-0.4, -0.2) is 36.6 Å². The normalized spacial score (nSPS) is 15.4. The van der Waals surface area contributed by atoms with E-state index in [1.807, 2.05) is 49.6 Å². The Balaban J connectivity index is 1.91. The van der Waals surface area contributed by atoms with Gasteiger partial charge in [-0.1, -0.05) is 23.5 Å². The van der Waals surface area contributed by atoms with Crippen molar-refractivity contribution in [2.45, 2.75) is 44.7 Å². The van der Waals surface area contributed by atoms with Gasteiger partial charge in [0.05, 0.1) is 46.1 Å². The highest BCUT2D eigenvalue weighted by Gasteiger charge is 2.33. The number of methoxy groups -OCH3 is 1. The van der Waals surface area contributed by atoms with E-state index in [-0.39, 0.29) is 11.7 Å². The third-order valence-corrected chi connectivity index (χ3v) is 8.17. The number of halogens is 1. The Morgan fingerprint density at radius 2 is 1.97 bits per heavy atom. The van der Waals surface area contributed by atoms with E-state index in [0.29, 0.717) is 38.7 Å². The number of ether oxygens (including phenoxy) is 3. The molecule has 7 nitrogen and oxygen atoms in total. The van der Waals surface area contributed by atoms with Gasteiger partial charge in [-0.05, 0) is 91.3 Å². The van der Waals surface area contributed by atoms with Crippen molar-refractivity contribution < 1.29 is 19.0 Å². The first-order valence-corrected chi connectivity index (χ1v) is 14.9. The van der Waals surface area contributed by atoms with Crippen molar-refractivity contribution in [3.63, 3.8) is 0 Å². The molecule has 0 aliphatic carbocycles. The highest BCUT2D eigenvalue weighted by atomic mass is 79.9. The van der Waals surface area contributed by atoms with Gasteiger partial charge in [0.2, 0.25) is 0 Å². The van der Waals surface area contributed by atoms with E-state index in [0.717, 1.165) is 20.5 Å². The van der Waals surface area contributed by atoms with E-state index in [9.17, 15) is 9.59 Å². The van der Waals surface area contributed by atoms with Crippen LogP contribution in [0.1, 0.15) is 44.9 Å². The molecule has 1 aliphatic heterocycles. The van der Waals surface area contributed by atoms with Gasteiger partial charge in [0, 0.05) is 4.90 Å². The number of carbonyl (C=O) groups is 1. The van der Waals surface area contributed by atoms with Gasteiger partial charge < -0.3 is 14.2 Å². The molecule has 0 fully saturated rings. The Hall–Kier alpha value is -2.82. The number of thioether (sulfide) groups is 1. The first kappa shape index (κ1) is 28.2. The first-order valence-electron chi connectivity index (χ1n) is 12.1. The summed E-state index contributed by atoms with van der Waals surface area (Å²) in [6, 6.07) is 10.9. The van der Waals surface area contributed by atoms with Crippen LogP contribution in [0.25, 0.3) is 6.08 Å². The molecule has 1 atom stereocenters. The molecule has 0 radical (unpaired) electrons. The van der Waals surface area contributed by atoms with E-state index < -0.39 is 12.0 Å². The van der Waals surface area contributed by atoms with Crippen LogP contribution < -0.4 is 24.4 Å². The molecule has 0 unspecified atom stereocenters. The van der Waals surface area contributed by atoms with Crippen molar-refractivity contribution in [2.75, 3.05) is 20.0 Å². The van der Waals surface area contributed by atoms with Gasteiger partial charge in [-0.2, -0.15) is 0 Å². The molecule has 2 heterocycles. The lowest BCUT2D eigenvalue weighted by Gasteiger charge is -2.25. The van der Waals surface area contributed by atoms with Gasteiger partial charge >= 0.3 is 5.97 Å². The average molecular weight is 618 g/mol. The second-order valence-electron chi connectivity index (χ2n) is 8.78. The zero-order chi connectivity index (χ0) is 27.6. The Labute approximate surface area is 238 Å². The van der Waals surface area contributed by atoms with Gasteiger partial charge in [0.25, 0.3) is 5.56 Å². The second kappa shape index (κ2) is 11.9. The number of esters is 1. The van der Waals surface area contributed by atoms with E-state index >= 15 is 0 Å². The van der Waals surface area contributed by atoms with E-state index in [2.05, 4.69) is 20.9 Å². The summed E-state index contributed by atoms with van der Waals surface area (Å²) in [7, 11) is 1.57. The molecule has 1 aromatic heterocycles. The number of fused-ring (bicyclic) bond motifs is 1. The topological polar surface area (TPSA) is 79.1 Å². The molecule has 0 amide bonds. The van der Waals surface area contributed by atoms with Crippen molar-refractivity contribution in [1.29, 1.82) is 0 Å². The molecular weight excluding hydrogens is 588 g/mol. The van der Waals surface area contributed by atoms with Crippen LogP contribution in [-0.2, 0) is 9.53 Å². The van der Waals surface area contributed by atoms with Crippen LogP contribution in [0, 0.1) is 0 Å². The summed E-state index contributed by atoms with van der Waals surface area (Å²) in [4.78, 5) is 33.4. The lowest BCUT2D eigenvalue weighted by atomic mass is 9.96. The highest BCUT2D eigenvalue weighted by molar-refractivity contribution is 9.10. The summed E-state index contributed by atoms with van der Waals surface area (Å²) in [5.41, 5.74) is 2.23. The molecule has 0 saturated heterocycles. The molecule has 200 valence electrons. The summed E-state index contributed by atoms with van der Waals surface area (Å²) < 4.78 is 19.6. The Kier molecular flexibility index (Phi) is 8.85. The number of allylic oxidation sites excluding steroid dienone is 1. The first-order chi connectivity index (χ1) is 18.2. The minimum absolute atomic E-state index is 0.237. The van der Waals surface area contributed by atoms with Crippen molar-refractivity contribution >= 4 is 51.1 Å². The van der Waals surface area contributed by atoms with Gasteiger partial charge in [-0.15, -0.1) is 11.8 Å². The summed E-state index contributed by atoms with van der Waals surface area (Å²) in [5, 5.41) is 0. The molecule has 0 saturated carbocycles. The number of benzene rings is 2. The predicted molar refractivity (Wildman–Crippen MR) is 155 cm³/mol. The lowest BCUT2D eigenvalue weighted by molar-refractivity contribution is -0.143. The third kappa shape index (κ3) is 5.62. The van der Waals surface area contributed by atoms with Crippen LogP contribution in [0.4, 0.5) is 0 Å². The van der Waals surface area contributed by atoms with Gasteiger partial charge in [-0.3, -0.25) is 9.36 Å². The minimum atomic E-state index is -0.655. The SMILES string of the molecule is CCOc1c(Br)cc(/C=c2\sc3n(c2=O)[C@H](c2ccc(SC)cc2)C(C(=O)OC(C)C)=C(C)N=3)cc1OC. The molecule has 2 aromatic carbocycles. The quantitative estimate of drug-likeness (QED) is 0.259. The van der Waals surface area contributed by atoms with Gasteiger partial charge in [0.1, 0.15) is 0 Å². The van der Waals surface area contributed by atoms with Crippen LogP contribution in [0.2, 0.25) is 0 Å².